The van der Waals surface area contributed by atoms with Crippen LogP contribution in [-0.4, -0.2) is 10.5 Å². The molecule has 25 heavy (non-hydrogen) atoms. The Morgan fingerprint density at radius 2 is 1.88 bits per heavy atom. The van der Waals surface area contributed by atoms with Crippen LogP contribution in [0.2, 0.25) is 0 Å². The van der Waals surface area contributed by atoms with Crippen molar-refractivity contribution in [1.29, 1.82) is 0 Å². The van der Waals surface area contributed by atoms with Gasteiger partial charge < -0.3 is 9.88 Å². The third-order valence-corrected chi connectivity index (χ3v) is 4.72. The van der Waals surface area contributed by atoms with Gasteiger partial charge in [-0.3, -0.25) is 9.59 Å². The van der Waals surface area contributed by atoms with Crippen LogP contribution in [0.15, 0.2) is 29.1 Å². The van der Waals surface area contributed by atoms with Gasteiger partial charge in [-0.25, -0.2) is 0 Å². The standard InChI is InChI=1S/C21H28N2O2/c1-6-8-12-23-15(4)13-18(24)19(16(23)5)21(25)22-20-14(3)10-9-11-17(20)7-2/h9-11,13H,6-8,12H2,1-5H3,(H,22,25). The van der Waals surface area contributed by atoms with Gasteiger partial charge in [0, 0.05) is 29.7 Å². The number of carbonyl (C=O) groups excluding carboxylic acids is 1. The monoisotopic (exact) mass is 340 g/mol. The first-order valence-corrected chi connectivity index (χ1v) is 9.01. The number of hydrogen-bond donors (Lipinski definition) is 1. The fourth-order valence-corrected chi connectivity index (χ4v) is 3.23. The second-order valence-electron chi connectivity index (χ2n) is 6.53. The van der Waals surface area contributed by atoms with Gasteiger partial charge in [-0.1, -0.05) is 38.5 Å². The summed E-state index contributed by atoms with van der Waals surface area (Å²) in [4.78, 5) is 25.4. The number of nitrogens with zero attached hydrogens (tertiary/aromatic N) is 1. The van der Waals surface area contributed by atoms with Crippen LogP contribution in [0, 0.1) is 20.8 Å². The lowest BCUT2D eigenvalue weighted by Gasteiger charge is -2.18. The number of amides is 1. The first kappa shape index (κ1) is 19.0. The minimum Gasteiger partial charge on any atom is -0.348 e. The maximum Gasteiger partial charge on any atom is 0.261 e. The number of hydrogen-bond acceptors (Lipinski definition) is 2. The van der Waals surface area contributed by atoms with E-state index in [1.165, 1.54) is 0 Å². The highest BCUT2D eigenvalue weighted by atomic mass is 16.2. The molecule has 134 valence electrons. The highest BCUT2D eigenvalue weighted by Crippen LogP contribution is 2.22. The Kier molecular flexibility index (Phi) is 6.18. The molecule has 4 heteroatoms. The molecule has 1 amide bonds. The molecule has 1 heterocycles. The fraction of sp³-hybridized carbons (Fsp3) is 0.429. The Labute approximate surface area is 149 Å². The first-order chi connectivity index (χ1) is 11.9. The average molecular weight is 340 g/mol. The minimum atomic E-state index is -0.322. The van der Waals surface area contributed by atoms with Crippen LogP contribution in [0.25, 0.3) is 0 Å². The molecule has 0 saturated carbocycles. The summed E-state index contributed by atoms with van der Waals surface area (Å²) >= 11 is 0. The summed E-state index contributed by atoms with van der Waals surface area (Å²) in [6.07, 6.45) is 2.91. The number of rotatable bonds is 6. The van der Waals surface area contributed by atoms with Gasteiger partial charge in [0.25, 0.3) is 5.91 Å². The Balaban J connectivity index is 2.45. The molecule has 0 aliphatic carbocycles. The van der Waals surface area contributed by atoms with Gasteiger partial charge in [-0.15, -0.1) is 0 Å². The zero-order valence-corrected chi connectivity index (χ0v) is 15.9. The van der Waals surface area contributed by atoms with Crippen molar-refractivity contribution in [2.75, 3.05) is 5.32 Å². The van der Waals surface area contributed by atoms with Gasteiger partial charge in [0.05, 0.1) is 0 Å². The molecule has 0 bridgehead atoms. The number of benzene rings is 1. The molecule has 0 aliphatic rings. The maximum atomic E-state index is 12.9. The molecular formula is C21H28N2O2. The lowest BCUT2D eigenvalue weighted by atomic mass is 10.0. The molecule has 0 unspecified atom stereocenters. The molecule has 0 saturated heterocycles. The normalized spacial score (nSPS) is 10.8. The zero-order chi connectivity index (χ0) is 18.6. The lowest BCUT2D eigenvalue weighted by molar-refractivity contribution is 0.102. The molecule has 0 atom stereocenters. The number of aryl methyl sites for hydroxylation is 3. The molecule has 4 nitrogen and oxygen atoms in total. The predicted octanol–water partition coefficient (Wildman–Crippen LogP) is 4.39. The van der Waals surface area contributed by atoms with Crippen molar-refractivity contribution < 1.29 is 4.79 Å². The summed E-state index contributed by atoms with van der Waals surface area (Å²) < 4.78 is 2.07. The number of carbonyl (C=O) groups is 1. The molecule has 2 rings (SSSR count). The van der Waals surface area contributed by atoms with E-state index >= 15 is 0 Å². The van der Waals surface area contributed by atoms with Crippen LogP contribution >= 0.6 is 0 Å². The van der Waals surface area contributed by atoms with E-state index in [1.54, 1.807) is 6.07 Å². The quantitative estimate of drug-likeness (QED) is 0.848. The van der Waals surface area contributed by atoms with E-state index in [2.05, 4.69) is 23.7 Å². The van der Waals surface area contributed by atoms with Crippen molar-refractivity contribution in [3.8, 4) is 0 Å². The van der Waals surface area contributed by atoms with E-state index in [9.17, 15) is 9.59 Å². The van der Waals surface area contributed by atoms with E-state index in [1.807, 2.05) is 39.0 Å². The molecule has 2 aromatic rings. The Hall–Kier alpha value is -2.36. The predicted molar refractivity (Wildman–Crippen MR) is 104 cm³/mol. The summed E-state index contributed by atoms with van der Waals surface area (Å²) in [6.45, 7) is 10.8. The smallest absolute Gasteiger partial charge is 0.261 e. The highest BCUT2D eigenvalue weighted by Gasteiger charge is 2.19. The number of aromatic nitrogens is 1. The van der Waals surface area contributed by atoms with Gasteiger partial charge in [0.15, 0.2) is 5.43 Å². The largest absolute Gasteiger partial charge is 0.348 e. The SMILES string of the molecule is CCCCn1c(C)cc(=O)c(C(=O)Nc2c(C)cccc2CC)c1C. The molecule has 1 aromatic carbocycles. The first-order valence-electron chi connectivity index (χ1n) is 9.01. The van der Waals surface area contributed by atoms with Crippen LogP contribution in [0.3, 0.4) is 0 Å². The van der Waals surface area contributed by atoms with Gasteiger partial charge in [-0.2, -0.15) is 0 Å². The van der Waals surface area contributed by atoms with Crippen LogP contribution in [0.1, 0.15) is 59.6 Å². The van der Waals surface area contributed by atoms with Gasteiger partial charge in [0.2, 0.25) is 0 Å². The summed E-state index contributed by atoms with van der Waals surface area (Å²) in [5, 5.41) is 2.98. The van der Waals surface area contributed by atoms with E-state index in [0.29, 0.717) is 0 Å². The van der Waals surface area contributed by atoms with E-state index in [-0.39, 0.29) is 16.9 Å². The maximum absolute atomic E-state index is 12.9. The molecule has 0 aliphatic heterocycles. The van der Waals surface area contributed by atoms with E-state index in [0.717, 1.165) is 54.0 Å². The Morgan fingerprint density at radius 1 is 1.16 bits per heavy atom. The number of unbranched alkanes of at least 4 members (excludes halogenated alkanes) is 1. The van der Waals surface area contributed by atoms with Gasteiger partial charge in [0.1, 0.15) is 5.56 Å². The van der Waals surface area contributed by atoms with Crippen LogP contribution < -0.4 is 10.7 Å². The lowest BCUT2D eigenvalue weighted by Crippen LogP contribution is -2.27. The third-order valence-electron chi connectivity index (χ3n) is 4.72. The molecular weight excluding hydrogens is 312 g/mol. The number of anilines is 1. The second-order valence-corrected chi connectivity index (χ2v) is 6.53. The fourth-order valence-electron chi connectivity index (χ4n) is 3.23. The highest BCUT2D eigenvalue weighted by molar-refractivity contribution is 6.05. The minimum absolute atomic E-state index is 0.216. The molecule has 0 radical (unpaired) electrons. The number of para-hydroxylation sites is 1. The summed E-state index contributed by atoms with van der Waals surface area (Å²) in [7, 11) is 0. The summed E-state index contributed by atoms with van der Waals surface area (Å²) in [5.41, 5.74) is 4.56. The van der Waals surface area contributed by atoms with Crippen molar-refractivity contribution >= 4 is 11.6 Å². The van der Waals surface area contributed by atoms with Crippen molar-refractivity contribution in [2.45, 2.75) is 60.4 Å². The number of pyridine rings is 1. The van der Waals surface area contributed by atoms with Gasteiger partial charge >= 0.3 is 0 Å². The average Bonchev–Trinajstić information content (AvgIpc) is 2.56. The van der Waals surface area contributed by atoms with Crippen LogP contribution in [-0.2, 0) is 13.0 Å². The number of nitrogens with one attached hydrogen (secondary N) is 1. The summed E-state index contributed by atoms with van der Waals surface area (Å²) in [5.74, 6) is -0.322. The van der Waals surface area contributed by atoms with Crippen molar-refractivity contribution in [3.05, 3.63) is 62.6 Å². The Bertz CT molecular complexity index is 835. The van der Waals surface area contributed by atoms with Crippen molar-refractivity contribution in [2.24, 2.45) is 0 Å². The molecule has 0 fully saturated rings. The summed E-state index contributed by atoms with van der Waals surface area (Å²) in [6, 6.07) is 7.52. The molecule has 1 N–H and O–H groups in total. The van der Waals surface area contributed by atoms with E-state index < -0.39 is 0 Å². The van der Waals surface area contributed by atoms with E-state index in [4.69, 9.17) is 0 Å². The van der Waals surface area contributed by atoms with Crippen LogP contribution in [0.5, 0.6) is 0 Å². The Morgan fingerprint density at radius 3 is 2.52 bits per heavy atom. The van der Waals surface area contributed by atoms with Gasteiger partial charge in [-0.05, 0) is 44.7 Å². The zero-order valence-electron chi connectivity index (χ0n) is 15.9. The second kappa shape index (κ2) is 8.15. The van der Waals surface area contributed by atoms with Crippen molar-refractivity contribution in [3.63, 3.8) is 0 Å². The third kappa shape index (κ3) is 4.01. The van der Waals surface area contributed by atoms with Crippen LogP contribution in [0.4, 0.5) is 5.69 Å². The topological polar surface area (TPSA) is 51.1 Å². The molecule has 0 spiro atoms. The van der Waals surface area contributed by atoms with Crippen molar-refractivity contribution in [1.82, 2.24) is 4.57 Å². The molecule has 1 aromatic heterocycles.